The molecule has 250 valence electrons. The molecule has 0 saturated carbocycles. The molecule has 0 heterocycles. The number of hydrogen-bond acceptors (Lipinski definition) is 2. The summed E-state index contributed by atoms with van der Waals surface area (Å²) in [6.07, 6.45) is 26.5. The fourth-order valence-corrected chi connectivity index (χ4v) is 5.93. The van der Waals surface area contributed by atoms with Crippen molar-refractivity contribution in [2.45, 2.75) is 176 Å². The molecule has 0 atom stereocenters. The van der Waals surface area contributed by atoms with Gasteiger partial charge in [0.2, 0.25) is 0 Å². The zero-order valence-electron chi connectivity index (χ0n) is 29.5. The monoisotopic (exact) mass is 644 g/mol. The number of unbranched alkanes of at least 4 members (excludes halogenated alkanes) is 13. The first-order valence-electron chi connectivity index (χ1n) is 18.5. The van der Waals surface area contributed by atoms with Crippen molar-refractivity contribution in [2.24, 2.45) is 9.98 Å². The van der Waals surface area contributed by atoms with Gasteiger partial charge in [-0.05, 0) is 97.9 Å². The standard InChI is InChI=1S/C41H66N2.Ni/c1-7-13-15-16-17-18-19-20-21-22-23-24-25-27-41(43-39-32-36(11-5)29-37(12-6)33-39)40(26-14-8-2)42-38-30-34(9-3)28-35(10-4)31-38;/h28-33H,7-27H2,1-6H3;/b42-40+,43-41+;. The van der Waals surface area contributed by atoms with E-state index in [0.717, 1.165) is 56.3 Å². The van der Waals surface area contributed by atoms with Crippen molar-refractivity contribution < 1.29 is 16.5 Å². The van der Waals surface area contributed by atoms with Crippen LogP contribution in [0.3, 0.4) is 0 Å². The van der Waals surface area contributed by atoms with Crippen LogP contribution in [0.15, 0.2) is 46.4 Å². The van der Waals surface area contributed by atoms with Crippen LogP contribution >= 0.6 is 0 Å². The predicted octanol–water partition coefficient (Wildman–Crippen LogP) is 13.5. The third-order valence-corrected chi connectivity index (χ3v) is 8.85. The fraction of sp³-hybridized carbons (Fsp3) is 0.659. The SMILES string of the molecule is CCCCCCCCCCCCCCCC(=N\c1cc(CC)cc(CC)c1)/C(CCCC)=N/c1cc(CC)cc(CC)c1.[Ni]. The van der Waals surface area contributed by atoms with Gasteiger partial charge in [-0.3, -0.25) is 9.98 Å². The van der Waals surface area contributed by atoms with Gasteiger partial charge in [0.25, 0.3) is 0 Å². The van der Waals surface area contributed by atoms with Crippen LogP contribution in [0.5, 0.6) is 0 Å². The van der Waals surface area contributed by atoms with E-state index in [1.54, 1.807) is 0 Å². The quantitative estimate of drug-likeness (QED) is 0.0617. The van der Waals surface area contributed by atoms with Crippen molar-refractivity contribution in [3.8, 4) is 0 Å². The van der Waals surface area contributed by atoms with Gasteiger partial charge in [0, 0.05) is 16.5 Å². The third-order valence-electron chi connectivity index (χ3n) is 8.85. The molecule has 0 N–H and O–H groups in total. The van der Waals surface area contributed by atoms with Gasteiger partial charge in [0.1, 0.15) is 0 Å². The molecule has 0 amide bonds. The van der Waals surface area contributed by atoms with E-state index in [1.165, 1.54) is 124 Å². The van der Waals surface area contributed by atoms with E-state index in [4.69, 9.17) is 9.98 Å². The van der Waals surface area contributed by atoms with Gasteiger partial charge in [-0.1, -0.05) is 137 Å². The second-order valence-corrected chi connectivity index (χ2v) is 12.6. The van der Waals surface area contributed by atoms with E-state index in [9.17, 15) is 0 Å². The number of aryl methyl sites for hydroxylation is 4. The Morgan fingerprint density at radius 1 is 0.386 bits per heavy atom. The number of benzene rings is 2. The van der Waals surface area contributed by atoms with Gasteiger partial charge < -0.3 is 0 Å². The molecule has 0 aromatic heterocycles. The molecule has 2 aromatic rings. The Kier molecular flexibility index (Phi) is 23.3. The molecule has 0 unspecified atom stereocenters. The largest absolute Gasteiger partial charge is 0.252 e. The molecule has 0 aliphatic rings. The molecule has 3 heteroatoms. The number of hydrogen-bond donors (Lipinski definition) is 0. The average molecular weight is 646 g/mol. The molecule has 0 aliphatic carbocycles. The molecule has 2 nitrogen and oxygen atoms in total. The Bertz CT molecular complexity index is 1040. The summed E-state index contributed by atoms with van der Waals surface area (Å²) < 4.78 is 0. The van der Waals surface area contributed by atoms with Gasteiger partial charge in [0.15, 0.2) is 0 Å². The van der Waals surface area contributed by atoms with Crippen molar-refractivity contribution in [3.63, 3.8) is 0 Å². The summed E-state index contributed by atoms with van der Waals surface area (Å²) in [4.78, 5) is 10.8. The summed E-state index contributed by atoms with van der Waals surface area (Å²) in [6.45, 7) is 13.6. The van der Waals surface area contributed by atoms with Gasteiger partial charge in [-0.15, -0.1) is 0 Å². The maximum absolute atomic E-state index is 5.39. The molecular weight excluding hydrogens is 579 g/mol. The van der Waals surface area contributed by atoms with Crippen LogP contribution in [0.4, 0.5) is 11.4 Å². The van der Waals surface area contributed by atoms with Crippen LogP contribution in [0.25, 0.3) is 0 Å². The van der Waals surface area contributed by atoms with Crippen molar-refractivity contribution in [3.05, 3.63) is 58.7 Å². The molecule has 0 saturated heterocycles. The smallest absolute Gasteiger partial charge is 0.0639 e. The molecule has 0 fully saturated rings. The number of nitrogens with zero attached hydrogens (tertiary/aromatic N) is 2. The maximum Gasteiger partial charge on any atom is 0.0639 e. The van der Waals surface area contributed by atoms with Gasteiger partial charge in [-0.25, -0.2) is 0 Å². The van der Waals surface area contributed by atoms with E-state index >= 15 is 0 Å². The normalized spacial score (nSPS) is 12.0. The van der Waals surface area contributed by atoms with E-state index in [0.29, 0.717) is 0 Å². The van der Waals surface area contributed by atoms with Crippen LogP contribution in [0, 0.1) is 0 Å². The molecule has 0 radical (unpaired) electrons. The maximum atomic E-state index is 5.39. The fourth-order valence-electron chi connectivity index (χ4n) is 5.93. The summed E-state index contributed by atoms with van der Waals surface area (Å²) in [5.74, 6) is 0. The zero-order valence-corrected chi connectivity index (χ0v) is 30.5. The van der Waals surface area contributed by atoms with Crippen molar-refractivity contribution in [1.29, 1.82) is 0 Å². The van der Waals surface area contributed by atoms with Crippen molar-refractivity contribution >= 4 is 22.8 Å². The first-order chi connectivity index (χ1) is 21.1. The van der Waals surface area contributed by atoms with Crippen molar-refractivity contribution in [2.75, 3.05) is 0 Å². The van der Waals surface area contributed by atoms with E-state index in [1.807, 2.05) is 0 Å². The molecular formula is C41H66N2Ni. The summed E-state index contributed by atoms with van der Waals surface area (Å²) in [5.41, 5.74) is 10.2. The Morgan fingerprint density at radius 3 is 1.00 bits per heavy atom. The third kappa shape index (κ3) is 16.5. The molecule has 0 aliphatic heterocycles. The van der Waals surface area contributed by atoms with Gasteiger partial charge >= 0.3 is 0 Å². The molecule has 2 rings (SSSR count). The molecule has 2 aromatic carbocycles. The van der Waals surface area contributed by atoms with Crippen LogP contribution in [-0.2, 0) is 42.2 Å². The van der Waals surface area contributed by atoms with Gasteiger partial charge in [0.05, 0.1) is 22.8 Å². The molecule has 44 heavy (non-hydrogen) atoms. The van der Waals surface area contributed by atoms with Crippen LogP contribution in [-0.4, -0.2) is 11.4 Å². The van der Waals surface area contributed by atoms with Crippen LogP contribution in [0.1, 0.15) is 173 Å². The first kappa shape index (κ1) is 40.3. The average Bonchev–Trinajstić information content (AvgIpc) is 3.04. The summed E-state index contributed by atoms with van der Waals surface area (Å²) >= 11 is 0. The minimum absolute atomic E-state index is 0. The first-order valence-corrected chi connectivity index (χ1v) is 18.5. The Balaban J connectivity index is 0.00000968. The van der Waals surface area contributed by atoms with Crippen LogP contribution in [0.2, 0.25) is 0 Å². The number of aliphatic imine (C=N–C) groups is 2. The minimum Gasteiger partial charge on any atom is -0.252 e. The Labute approximate surface area is 283 Å². The topological polar surface area (TPSA) is 24.7 Å². The molecule has 0 spiro atoms. The summed E-state index contributed by atoms with van der Waals surface area (Å²) in [7, 11) is 0. The van der Waals surface area contributed by atoms with E-state index in [-0.39, 0.29) is 16.5 Å². The second kappa shape index (κ2) is 25.5. The minimum atomic E-state index is 0. The van der Waals surface area contributed by atoms with Crippen LogP contribution < -0.4 is 0 Å². The summed E-state index contributed by atoms with van der Waals surface area (Å²) in [5, 5.41) is 0. The second-order valence-electron chi connectivity index (χ2n) is 12.6. The Hall–Kier alpha value is -1.73. The number of rotatable bonds is 24. The van der Waals surface area contributed by atoms with E-state index in [2.05, 4.69) is 77.9 Å². The Morgan fingerprint density at radius 2 is 0.682 bits per heavy atom. The van der Waals surface area contributed by atoms with Crippen molar-refractivity contribution in [1.82, 2.24) is 0 Å². The zero-order chi connectivity index (χ0) is 31.1. The molecule has 0 bridgehead atoms. The van der Waals surface area contributed by atoms with Gasteiger partial charge in [-0.2, -0.15) is 0 Å². The predicted molar refractivity (Wildman–Crippen MR) is 194 cm³/mol. The van der Waals surface area contributed by atoms with E-state index < -0.39 is 0 Å². The summed E-state index contributed by atoms with van der Waals surface area (Å²) in [6, 6.07) is 13.9.